The fourth-order valence-electron chi connectivity index (χ4n) is 1.84. The maximum Gasteiger partial charge on any atom is 0.232 e. The van der Waals surface area contributed by atoms with Gasteiger partial charge in [-0.25, -0.2) is 8.42 Å². The summed E-state index contributed by atoms with van der Waals surface area (Å²) in [5.41, 5.74) is 1.16. The summed E-state index contributed by atoms with van der Waals surface area (Å²) >= 11 is 0. The van der Waals surface area contributed by atoms with Crippen molar-refractivity contribution in [1.82, 2.24) is 5.32 Å². The van der Waals surface area contributed by atoms with Crippen LogP contribution in [0.3, 0.4) is 0 Å². The smallest absolute Gasteiger partial charge is 0.232 e. The summed E-state index contributed by atoms with van der Waals surface area (Å²) in [6, 6.07) is 6.67. The van der Waals surface area contributed by atoms with Crippen LogP contribution in [0.5, 0.6) is 0 Å². The van der Waals surface area contributed by atoms with Crippen LogP contribution in [0.15, 0.2) is 24.3 Å². The number of rotatable bonds is 10. The van der Waals surface area contributed by atoms with Gasteiger partial charge in [0.15, 0.2) is 0 Å². The summed E-state index contributed by atoms with van der Waals surface area (Å²) in [6.07, 6.45) is 2.69. The van der Waals surface area contributed by atoms with Crippen molar-refractivity contribution < 1.29 is 13.2 Å². The van der Waals surface area contributed by atoms with Crippen LogP contribution in [-0.2, 0) is 14.8 Å². The molecule has 0 fully saturated rings. The van der Waals surface area contributed by atoms with Crippen LogP contribution < -0.4 is 15.4 Å². The lowest BCUT2D eigenvalue weighted by Crippen LogP contribution is -2.17. The first-order valence-corrected chi connectivity index (χ1v) is 9.17. The molecule has 0 aliphatic heterocycles. The SMILES string of the molecule is CCCCS(=O)(=O)Nc1ccc(NC(=O)CCCNC)cc1.Cl. The van der Waals surface area contributed by atoms with E-state index >= 15 is 0 Å². The number of unbranched alkanes of at least 4 members (excludes halogenated alkanes) is 1. The summed E-state index contributed by atoms with van der Waals surface area (Å²) in [7, 11) is -1.45. The van der Waals surface area contributed by atoms with Crippen molar-refractivity contribution in [2.24, 2.45) is 0 Å². The predicted octanol–water partition coefficient (Wildman–Crippen LogP) is 2.59. The average Bonchev–Trinajstić information content (AvgIpc) is 2.47. The Labute approximate surface area is 144 Å². The molecule has 0 saturated carbocycles. The maximum atomic E-state index is 11.8. The van der Waals surface area contributed by atoms with Crippen LogP contribution >= 0.6 is 12.4 Å². The Morgan fingerprint density at radius 3 is 2.26 bits per heavy atom. The van der Waals surface area contributed by atoms with Crippen LogP contribution in [0.4, 0.5) is 11.4 Å². The number of carbonyl (C=O) groups excluding carboxylic acids is 1. The highest BCUT2D eigenvalue weighted by Crippen LogP contribution is 2.15. The molecule has 0 spiro atoms. The Morgan fingerprint density at radius 1 is 1.09 bits per heavy atom. The summed E-state index contributed by atoms with van der Waals surface area (Å²) < 4.78 is 26.1. The number of hydrogen-bond acceptors (Lipinski definition) is 4. The monoisotopic (exact) mass is 363 g/mol. The van der Waals surface area contributed by atoms with Crippen molar-refractivity contribution in [3.8, 4) is 0 Å². The predicted molar refractivity (Wildman–Crippen MR) is 97.8 cm³/mol. The fourth-order valence-corrected chi connectivity index (χ4v) is 3.10. The highest BCUT2D eigenvalue weighted by molar-refractivity contribution is 7.92. The van der Waals surface area contributed by atoms with Crippen LogP contribution in [0.2, 0.25) is 0 Å². The van der Waals surface area contributed by atoms with E-state index < -0.39 is 10.0 Å². The largest absolute Gasteiger partial charge is 0.326 e. The highest BCUT2D eigenvalue weighted by atomic mass is 35.5. The molecule has 0 unspecified atom stereocenters. The lowest BCUT2D eigenvalue weighted by molar-refractivity contribution is -0.116. The van der Waals surface area contributed by atoms with Crippen molar-refractivity contribution in [2.45, 2.75) is 32.6 Å². The molecular weight excluding hydrogens is 338 g/mol. The van der Waals surface area contributed by atoms with Gasteiger partial charge in [0, 0.05) is 17.8 Å². The maximum absolute atomic E-state index is 11.8. The van der Waals surface area contributed by atoms with E-state index in [1.807, 2.05) is 14.0 Å². The molecule has 0 radical (unpaired) electrons. The van der Waals surface area contributed by atoms with Gasteiger partial charge in [0.05, 0.1) is 5.75 Å². The zero-order valence-electron chi connectivity index (χ0n) is 13.6. The third-order valence-electron chi connectivity index (χ3n) is 3.04. The number of benzene rings is 1. The van der Waals surface area contributed by atoms with Crippen LogP contribution in [0, 0.1) is 0 Å². The van der Waals surface area contributed by atoms with E-state index in [1.54, 1.807) is 24.3 Å². The van der Waals surface area contributed by atoms with Crippen LogP contribution in [0.1, 0.15) is 32.6 Å². The molecule has 0 aliphatic carbocycles. The van der Waals surface area contributed by atoms with E-state index in [0.29, 0.717) is 24.2 Å². The second-order valence-electron chi connectivity index (χ2n) is 5.11. The standard InChI is InChI=1S/C15H25N3O3S.ClH/c1-3-4-12-22(20,21)18-14-9-7-13(8-10-14)17-15(19)6-5-11-16-2;/h7-10,16,18H,3-6,11-12H2,1-2H3,(H,17,19);1H. The van der Waals surface area contributed by atoms with Crippen LogP contribution in [-0.4, -0.2) is 33.7 Å². The molecule has 1 rings (SSSR count). The van der Waals surface area contributed by atoms with Gasteiger partial charge in [0.2, 0.25) is 15.9 Å². The highest BCUT2D eigenvalue weighted by Gasteiger charge is 2.09. The van der Waals surface area contributed by atoms with Gasteiger partial charge in [0.25, 0.3) is 0 Å². The summed E-state index contributed by atoms with van der Waals surface area (Å²) in [4.78, 5) is 11.7. The topological polar surface area (TPSA) is 87.3 Å². The molecule has 0 aromatic heterocycles. The molecule has 0 saturated heterocycles. The molecule has 23 heavy (non-hydrogen) atoms. The van der Waals surface area contributed by atoms with Gasteiger partial charge in [-0.3, -0.25) is 9.52 Å². The minimum absolute atomic E-state index is 0. The van der Waals surface area contributed by atoms with Gasteiger partial charge in [0.1, 0.15) is 0 Å². The first-order chi connectivity index (χ1) is 10.5. The number of sulfonamides is 1. The van der Waals surface area contributed by atoms with E-state index in [4.69, 9.17) is 0 Å². The quantitative estimate of drug-likeness (QED) is 0.557. The molecule has 0 aliphatic rings. The number of nitrogens with one attached hydrogen (secondary N) is 3. The third kappa shape index (κ3) is 9.43. The minimum atomic E-state index is -3.29. The second-order valence-corrected chi connectivity index (χ2v) is 6.95. The van der Waals surface area contributed by atoms with E-state index in [1.165, 1.54) is 0 Å². The van der Waals surface area contributed by atoms with Crippen molar-refractivity contribution >= 4 is 39.7 Å². The number of hydrogen-bond donors (Lipinski definition) is 3. The summed E-state index contributed by atoms with van der Waals surface area (Å²) in [5.74, 6) is 0.0690. The van der Waals surface area contributed by atoms with Gasteiger partial charge < -0.3 is 10.6 Å². The molecule has 1 amide bonds. The second kappa shape index (κ2) is 11.3. The molecular formula is C15H26ClN3O3S. The third-order valence-corrected chi connectivity index (χ3v) is 4.41. The van der Waals surface area contributed by atoms with Crippen molar-refractivity contribution in [2.75, 3.05) is 29.4 Å². The summed E-state index contributed by atoms with van der Waals surface area (Å²) in [5, 5.41) is 5.77. The molecule has 8 heteroatoms. The molecule has 132 valence electrons. The zero-order valence-corrected chi connectivity index (χ0v) is 15.2. The average molecular weight is 364 g/mol. The van der Waals surface area contributed by atoms with Gasteiger partial charge in [-0.05, 0) is 50.7 Å². The van der Waals surface area contributed by atoms with Crippen molar-refractivity contribution in [1.29, 1.82) is 0 Å². The lowest BCUT2D eigenvalue weighted by atomic mass is 10.2. The van der Waals surface area contributed by atoms with E-state index in [2.05, 4.69) is 15.4 Å². The number of anilines is 2. The van der Waals surface area contributed by atoms with E-state index in [-0.39, 0.29) is 24.1 Å². The molecule has 0 bridgehead atoms. The number of amides is 1. The number of carbonyl (C=O) groups is 1. The molecule has 1 aromatic rings. The van der Waals surface area contributed by atoms with Crippen LogP contribution in [0.25, 0.3) is 0 Å². The first kappa shape index (κ1) is 21.7. The Kier molecular flexibility index (Phi) is 10.6. The fraction of sp³-hybridized carbons (Fsp3) is 0.533. The van der Waals surface area contributed by atoms with Gasteiger partial charge in [-0.1, -0.05) is 13.3 Å². The molecule has 1 aromatic carbocycles. The zero-order chi connectivity index (χ0) is 16.4. The van der Waals surface area contributed by atoms with Crippen molar-refractivity contribution in [3.05, 3.63) is 24.3 Å². The Bertz CT molecular complexity index is 562. The Morgan fingerprint density at radius 2 is 1.70 bits per heavy atom. The normalized spacial score (nSPS) is 10.7. The Balaban J connectivity index is 0.00000484. The minimum Gasteiger partial charge on any atom is -0.326 e. The lowest BCUT2D eigenvalue weighted by Gasteiger charge is -2.09. The molecule has 0 heterocycles. The Hall–Kier alpha value is -1.31. The number of halogens is 1. The summed E-state index contributed by atoms with van der Waals surface area (Å²) in [6.45, 7) is 2.75. The van der Waals surface area contributed by atoms with Gasteiger partial charge in [-0.15, -0.1) is 12.4 Å². The van der Waals surface area contributed by atoms with E-state index in [0.717, 1.165) is 19.4 Å². The van der Waals surface area contributed by atoms with Crippen molar-refractivity contribution in [3.63, 3.8) is 0 Å². The molecule has 0 atom stereocenters. The van der Waals surface area contributed by atoms with Gasteiger partial charge >= 0.3 is 0 Å². The first-order valence-electron chi connectivity index (χ1n) is 7.52. The van der Waals surface area contributed by atoms with E-state index in [9.17, 15) is 13.2 Å². The molecule has 6 nitrogen and oxygen atoms in total. The molecule has 3 N–H and O–H groups in total. The van der Waals surface area contributed by atoms with Gasteiger partial charge in [-0.2, -0.15) is 0 Å².